The van der Waals surface area contributed by atoms with Gasteiger partial charge in [0.15, 0.2) is 0 Å². The number of hydrogen-bond donors (Lipinski definition) is 1. The SMILES string of the molecule is CCCC(OC)C(CCc1ccccc1)NC. The minimum Gasteiger partial charge on any atom is -0.380 e. The molecule has 0 radical (unpaired) electrons. The van der Waals surface area contributed by atoms with Crippen LogP contribution in [-0.2, 0) is 11.2 Å². The molecule has 2 atom stereocenters. The van der Waals surface area contributed by atoms with E-state index in [4.69, 9.17) is 4.74 Å². The van der Waals surface area contributed by atoms with E-state index in [1.165, 1.54) is 12.0 Å². The third-order valence-electron chi connectivity index (χ3n) is 3.28. The van der Waals surface area contributed by atoms with Crippen LogP contribution in [0.2, 0.25) is 0 Å². The molecule has 1 N–H and O–H groups in total. The lowest BCUT2D eigenvalue weighted by atomic mass is 9.98. The molecule has 0 fully saturated rings. The summed E-state index contributed by atoms with van der Waals surface area (Å²) in [5.74, 6) is 0. The van der Waals surface area contributed by atoms with E-state index < -0.39 is 0 Å². The van der Waals surface area contributed by atoms with Crippen LogP contribution in [0.1, 0.15) is 31.7 Å². The first-order valence-corrected chi connectivity index (χ1v) is 6.55. The normalized spacial score (nSPS) is 14.5. The average Bonchev–Trinajstić information content (AvgIpc) is 2.39. The van der Waals surface area contributed by atoms with E-state index in [-0.39, 0.29) is 0 Å². The number of nitrogens with one attached hydrogen (secondary N) is 1. The van der Waals surface area contributed by atoms with E-state index in [1.807, 2.05) is 14.2 Å². The Labute approximate surface area is 105 Å². The Hall–Kier alpha value is -0.860. The first-order chi connectivity index (χ1) is 8.31. The fourth-order valence-corrected chi connectivity index (χ4v) is 2.25. The van der Waals surface area contributed by atoms with Crippen LogP contribution < -0.4 is 5.32 Å². The molecule has 2 unspecified atom stereocenters. The Morgan fingerprint density at radius 2 is 1.88 bits per heavy atom. The number of hydrogen-bond acceptors (Lipinski definition) is 2. The third kappa shape index (κ3) is 4.88. The molecule has 0 aromatic heterocycles. The van der Waals surface area contributed by atoms with Gasteiger partial charge in [0, 0.05) is 13.2 Å². The Bertz CT molecular complexity index is 286. The molecule has 0 amide bonds. The van der Waals surface area contributed by atoms with Gasteiger partial charge >= 0.3 is 0 Å². The summed E-state index contributed by atoms with van der Waals surface area (Å²) in [6, 6.07) is 11.1. The fourth-order valence-electron chi connectivity index (χ4n) is 2.25. The van der Waals surface area contributed by atoms with Crippen molar-refractivity contribution in [1.82, 2.24) is 5.32 Å². The molecule has 0 saturated carbocycles. The molecule has 2 nitrogen and oxygen atoms in total. The van der Waals surface area contributed by atoms with Crippen LogP contribution >= 0.6 is 0 Å². The van der Waals surface area contributed by atoms with Crippen LogP contribution in [0.15, 0.2) is 30.3 Å². The largest absolute Gasteiger partial charge is 0.380 e. The van der Waals surface area contributed by atoms with Crippen LogP contribution in [-0.4, -0.2) is 26.3 Å². The summed E-state index contributed by atoms with van der Waals surface area (Å²) in [5, 5.41) is 3.38. The number of aryl methyl sites for hydroxylation is 1. The molecular formula is C15H25NO. The molecule has 1 aromatic carbocycles. The predicted octanol–water partition coefficient (Wildman–Crippen LogP) is 3.02. The van der Waals surface area contributed by atoms with E-state index in [0.29, 0.717) is 12.1 Å². The van der Waals surface area contributed by atoms with Crippen LogP contribution in [0, 0.1) is 0 Å². The summed E-state index contributed by atoms with van der Waals surface area (Å²) in [7, 11) is 3.84. The second kappa shape index (κ2) is 8.26. The van der Waals surface area contributed by atoms with Crippen molar-refractivity contribution in [3.63, 3.8) is 0 Å². The van der Waals surface area contributed by atoms with Gasteiger partial charge in [-0.1, -0.05) is 43.7 Å². The van der Waals surface area contributed by atoms with Crippen molar-refractivity contribution < 1.29 is 4.74 Å². The van der Waals surface area contributed by atoms with E-state index >= 15 is 0 Å². The first kappa shape index (κ1) is 14.2. The minimum atomic E-state index is 0.328. The summed E-state index contributed by atoms with van der Waals surface area (Å²) in [6.07, 6.45) is 4.85. The molecule has 0 bridgehead atoms. The van der Waals surface area contributed by atoms with E-state index in [1.54, 1.807) is 0 Å². The van der Waals surface area contributed by atoms with Gasteiger partial charge < -0.3 is 10.1 Å². The topological polar surface area (TPSA) is 21.3 Å². The van der Waals surface area contributed by atoms with Crippen molar-refractivity contribution >= 4 is 0 Å². The quantitative estimate of drug-likeness (QED) is 0.748. The lowest BCUT2D eigenvalue weighted by Crippen LogP contribution is -2.39. The molecule has 0 aliphatic heterocycles. The van der Waals surface area contributed by atoms with E-state index in [9.17, 15) is 0 Å². The molecule has 1 rings (SSSR count). The van der Waals surface area contributed by atoms with E-state index in [0.717, 1.165) is 19.3 Å². The lowest BCUT2D eigenvalue weighted by Gasteiger charge is -2.25. The maximum Gasteiger partial charge on any atom is 0.0724 e. The van der Waals surface area contributed by atoms with Crippen molar-refractivity contribution in [3.05, 3.63) is 35.9 Å². The Balaban J connectivity index is 2.46. The third-order valence-corrected chi connectivity index (χ3v) is 3.28. The highest BCUT2D eigenvalue weighted by Crippen LogP contribution is 2.12. The Morgan fingerprint density at radius 1 is 1.18 bits per heavy atom. The molecule has 0 aliphatic rings. The van der Waals surface area contributed by atoms with Crippen molar-refractivity contribution in [2.75, 3.05) is 14.2 Å². The molecule has 0 saturated heterocycles. The molecular weight excluding hydrogens is 210 g/mol. The summed E-state index contributed by atoms with van der Waals surface area (Å²) < 4.78 is 5.57. The number of benzene rings is 1. The van der Waals surface area contributed by atoms with Gasteiger partial charge in [-0.05, 0) is 31.9 Å². The molecule has 0 spiro atoms. The lowest BCUT2D eigenvalue weighted by molar-refractivity contribution is 0.0607. The second-order valence-corrected chi connectivity index (χ2v) is 4.48. The molecule has 0 heterocycles. The predicted molar refractivity (Wildman–Crippen MR) is 73.3 cm³/mol. The highest BCUT2D eigenvalue weighted by atomic mass is 16.5. The highest BCUT2D eigenvalue weighted by molar-refractivity contribution is 5.14. The number of likely N-dealkylation sites (N-methyl/N-ethyl adjacent to an activating group) is 1. The van der Waals surface area contributed by atoms with E-state index in [2.05, 4.69) is 42.6 Å². The summed E-state index contributed by atoms with van der Waals surface area (Å²) in [4.78, 5) is 0. The molecule has 1 aromatic rings. The monoisotopic (exact) mass is 235 g/mol. The van der Waals surface area contributed by atoms with Crippen molar-refractivity contribution in [2.24, 2.45) is 0 Å². The minimum absolute atomic E-state index is 0.328. The van der Waals surface area contributed by atoms with Crippen molar-refractivity contribution in [1.29, 1.82) is 0 Å². The van der Waals surface area contributed by atoms with Gasteiger partial charge in [-0.2, -0.15) is 0 Å². The standard InChI is InChI=1S/C15H25NO/c1-4-8-15(17-3)14(16-2)12-11-13-9-6-5-7-10-13/h5-7,9-10,14-16H,4,8,11-12H2,1-3H3. The second-order valence-electron chi connectivity index (χ2n) is 4.48. The molecule has 2 heteroatoms. The van der Waals surface area contributed by atoms with Gasteiger partial charge in [0.25, 0.3) is 0 Å². The van der Waals surface area contributed by atoms with Crippen LogP contribution in [0.5, 0.6) is 0 Å². The van der Waals surface area contributed by atoms with Crippen LogP contribution in [0.3, 0.4) is 0 Å². The zero-order valence-electron chi connectivity index (χ0n) is 11.3. The number of ether oxygens (including phenoxy) is 1. The van der Waals surface area contributed by atoms with Gasteiger partial charge in [-0.25, -0.2) is 0 Å². The Kier molecular flexibility index (Phi) is 6.90. The van der Waals surface area contributed by atoms with Gasteiger partial charge in [-0.3, -0.25) is 0 Å². The zero-order valence-corrected chi connectivity index (χ0v) is 11.3. The summed E-state index contributed by atoms with van der Waals surface area (Å²) in [6.45, 7) is 2.20. The van der Waals surface area contributed by atoms with Crippen molar-refractivity contribution in [2.45, 2.75) is 44.8 Å². The smallest absolute Gasteiger partial charge is 0.0724 e. The molecule has 96 valence electrons. The molecule has 17 heavy (non-hydrogen) atoms. The maximum atomic E-state index is 5.57. The summed E-state index contributed by atoms with van der Waals surface area (Å²) >= 11 is 0. The van der Waals surface area contributed by atoms with Crippen LogP contribution in [0.4, 0.5) is 0 Å². The number of rotatable bonds is 8. The average molecular weight is 235 g/mol. The maximum absolute atomic E-state index is 5.57. The highest BCUT2D eigenvalue weighted by Gasteiger charge is 2.18. The summed E-state index contributed by atoms with van der Waals surface area (Å²) in [5.41, 5.74) is 1.40. The zero-order chi connectivity index (χ0) is 12.5. The fraction of sp³-hybridized carbons (Fsp3) is 0.600. The van der Waals surface area contributed by atoms with Gasteiger partial charge in [0.2, 0.25) is 0 Å². The first-order valence-electron chi connectivity index (χ1n) is 6.55. The van der Waals surface area contributed by atoms with Crippen molar-refractivity contribution in [3.8, 4) is 0 Å². The number of methoxy groups -OCH3 is 1. The van der Waals surface area contributed by atoms with Gasteiger partial charge in [0.05, 0.1) is 6.10 Å². The van der Waals surface area contributed by atoms with Gasteiger partial charge in [0.1, 0.15) is 0 Å². The van der Waals surface area contributed by atoms with Gasteiger partial charge in [-0.15, -0.1) is 0 Å². The molecule has 0 aliphatic carbocycles. The Morgan fingerprint density at radius 3 is 2.41 bits per heavy atom. The van der Waals surface area contributed by atoms with Crippen LogP contribution in [0.25, 0.3) is 0 Å².